The Morgan fingerprint density at radius 1 is 0.875 bits per heavy atom. The van der Waals surface area contributed by atoms with E-state index in [0.717, 1.165) is 118 Å². The van der Waals surface area contributed by atoms with Crippen LogP contribution in [0.3, 0.4) is 0 Å². The third kappa shape index (κ3) is 4.11. The number of allylic oxidation sites excluding steroid dienone is 3. The van der Waals surface area contributed by atoms with E-state index in [1.165, 1.54) is 11.1 Å². The molecule has 0 radical (unpaired) electrons. The zero-order valence-corrected chi connectivity index (χ0v) is 28.1. The standard InChI is InChI=1S/C42H40N2O4/c1-5-7-15-43-33(27-11-9-13-29-37(27)35(43)19-25-17-23(3)47-41(25)29)21-31-39(45)32(40(31)46)22-34-28-12-10-14-30-38(28)36(44(34)16-8-6-2)20-26-18-24(4)48-42(26)30/h9-14,19-24H,5-8,15-18H2,1-4H3. The van der Waals surface area contributed by atoms with E-state index in [4.69, 9.17) is 9.47 Å². The van der Waals surface area contributed by atoms with Gasteiger partial charge in [0.25, 0.3) is 0 Å². The summed E-state index contributed by atoms with van der Waals surface area (Å²) in [4.78, 5) is 14.0. The number of Topliss-reactive ketones (excluding diaryl/α,β-unsaturated/α-hetero) is 1. The molecule has 2 atom stereocenters. The van der Waals surface area contributed by atoms with Crippen molar-refractivity contribution in [2.75, 3.05) is 6.54 Å². The lowest BCUT2D eigenvalue weighted by atomic mass is 9.86. The number of carbonyl (C=O) groups is 1. The Kier molecular flexibility index (Phi) is 6.62. The number of hydrogen-bond donors (Lipinski definition) is 0. The predicted molar refractivity (Wildman–Crippen MR) is 189 cm³/mol. The number of carbonyl (C=O) groups excluding carboxylic acids is 1. The first-order chi connectivity index (χ1) is 23.4. The Morgan fingerprint density at radius 2 is 1.54 bits per heavy atom. The number of unbranched alkanes of at least 4 members (excludes halogenated alkanes) is 2. The number of fused-ring (bicyclic) bond motifs is 4. The number of ketones is 1. The molecule has 1 aliphatic carbocycles. The molecule has 0 bridgehead atoms. The Morgan fingerprint density at radius 3 is 2.25 bits per heavy atom. The van der Waals surface area contributed by atoms with Gasteiger partial charge in [-0.2, -0.15) is 4.58 Å². The average Bonchev–Trinajstić information content (AvgIpc) is 3.82. The van der Waals surface area contributed by atoms with Crippen LogP contribution >= 0.6 is 0 Å². The molecule has 5 aromatic rings. The van der Waals surface area contributed by atoms with Gasteiger partial charge in [-0.3, -0.25) is 4.79 Å². The van der Waals surface area contributed by atoms with E-state index in [9.17, 15) is 9.90 Å². The summed E-state index contributed by atoms with van der Waals surface area (Å²) >= 11 is 0. The number of hydrogen-bond acceptors (Lipinski definition) is 4. The van der Waals surface area contributed by atoms with Gasteiger partial charge in [0.05, 0.1) is 16.5 Å². The molecule has 4 heterocycles. The second-order valence-electron chi connectivity index (χ2n) is 14.0. The fourth-order valence-corrected chi connectivity index (χ4v) is 8.47. The van der Waals surface area contributed by atoms with E-state index in [1.54, 1.807) is 0 Å². The van der Waals surface area contributed by atoms with Gasteiger partial charge < -0.3 is 19.1 Å². The normalized spacial score (nSPS) is 20.9. The molecule has 48 heavy (non-hydrogen) atoms. The summed E-state index contributed by atoms with van der Waals surface area (Å²) in [5, 5.41) is 20.4. The Labute approximate surface area is 280 Å². The minimum atomic E-state index is -0.184. The van der Waals surface area contributed by atoms with E-state index in [-0.39, 0.29) is 34.9 Å². The number of aryl methyl sites for hydroxylation is 1. The summed E-state index contributed by atoms with van der Waals surface area (Å²) in [5.74, 6) is 1.57. The fraction of sp³-hybridized carbons (Fsp3) is 0.333. The third-order valence-electron chi connectivity index (χ3n) is 10.7. The zero-order valence-electron chi connectivity index (χ0n) is 28.1. The van der Waals surface area contributed by atoms with Crippen LogP contribution in [0.15, 0.2) is 71.5 Å². The molecule has 4 aromatic carbocycles. The van der Waals surface area contributed by atoms with Gasteiger partial charge in [0.15, 0.2) is 5.78 Å². The van der Waals surface area contributed by atoms with E-state index >= 15 is 0 Å². The molecule has 2 unspecified atom stereocenters. The van der Waals surface area contributed by atoms with Crippen molar-refractivity contribution in [3.8, 4) is 11.5 Å². The zero-order chi connectivity index (χ0) is 32.8. The second kappa shape index (κ2) is 10.8. The van der Waals surface area contributed by atoms with Crippen molar-refractivity contribution in [1.82, 2.24) is 4.57 Å². The SMILES string of the molecule is CCCCn1/c(=C/C2=C([O-])C(=C/C3=[N+](CCCC)c4cc5c(c6cccc3c46)OC(C)C5)/C2=O)c2cccc3c4c(cc1c32)CC(C)O4. The van der Waals surface area contributed by atoms with Crippen molar-refractivity contribution in [3.63, 3.8) is 0 Å². The van der Waals surface area contributed by atoms with Crippen molar-refractivity contribution in [1.29, 1.82) is 0 Å². The number of nitrogens with zero attached hydrogens (tertiary/aromatic N) is 2. The van der Waals surface area contributed by atoms with Crippen LogP contribution in [0.5, 0.6) is 11.5 Å². The van der Waals surface area contributed by atoms with Gasteiger partial charge in [0, 0.05) is 87.1 Å². The monoisotopic (exact) mass is 636 g/mol. The first-order valence-electron chi connectivity index (χ1n) is 17.7. The first kappa shape index (κ1) is 29.3. The van der Waals surface area contributed by atoms with Gasteiger partial charge in [-0.1, -0.05) is 62.8 Å². The Hall–Kier alpha value is -4.84. The van der Waals surface area contributed by atoms with Crippen LogP contribution in [0.4, 0.5) is 5.69 Å². The lowest BCUT2D eigenvalue weighted by molar-refractivity contribution is -0.436. The maximum absolute atomic E-state index is 14.0. The maximum Gasteiger partial charge on any atom is 0.215 e. The minimum absolute atomic E-state index is 0.153. The maximum atomic E-state index is 14.0. The summed E-state index contributed by atoms with van der Waals surface area (Å²) < 4.78 is 17.2. The molecule has 0 amide bonds. The number of aromatic nitrogens is 1. The van der Waals surface area contributed by atoms with Crippen molar-refractivity contribution < 1.29 is 24.0 Å². The van der Waals surface area contributed by atoms with Gasteiger partial charge in [-0.25, -0.2) is 0 Å². The van der Waals surface area contributed by atoms with Gasteiger partial charge >= 0.3 is 0 Å². The molecule has 0 saturated carbocycles. The van der Waals surface area contributed by atoms with Crippen LogP contribution in [-0.4, -0.2) is 39.4 Å². The highest BCUT2D eigenvalue weighted by Gasteiger charge is 2.37. The van der Waals surface area contributed by atoms with Crippen LogP contribution in [0.2, 0.25) is 0 Å². The number of ether oxygens (including phenoxy) is 2. The Balaban J connectivity index is 1.20. The summed E-state index contributed by atoms with van der Waals surface area (Å²) in [6, 6.07) is 17.2. The number of rotatable bonds is 8. The van der Waals surface area contributed by atoms with Gasteiger partial charge in [0.1, 0.15) is 30.3 Å². The molecule has 6 heteroatoms. The summed E-state index contributed by atoms with van der Waals surface area (Å²) in [5.41, 5.74) is 7.25. The van der Waals surface area contributed by atoms with Crippen LogP contribution in [0.25, 0.3) is 38.5 Å². The molecule has 1 aromatic heterocycles. The number of benzene rings is 4. The predicted octanol–water partition coefficient (Wildman–Crippen LogP) is 6.96. The largest absolute Gasteiger partial charge is 0.871 e. The van der Waals surface area contributed by atoms with Crippen molar-refractivity contribution in [2.24, 2.45) is 0 Å². The molecule has 9 rings (SSSR count). The second-order valence-corrected chi connectivity index (χ2v) is 14.0. The first-order valence-corrected chi connectivity index (χ1v) is 17.7. The van der Waals surface area contributed by atoms with E-state index in [0.29, 0.717) is 0 Å². The highest BCUT2D eigenvalue weighted by molar-refractivity contribution is 6.29. The smallest absolute Gasteiger partial charge is 0.215 e. The average molecular weight is 637 g/mol. The van der Waals surface area contributed by atoms with E-state index < -0.39 is 0 Å². The molecule has 242 valence electrons. The topological polar surface area (TPSA) is 66.5 Å². The van der Waals surface area contributed by atoms with Gasteiger partial charge in [0.2, 0.25) is 11.4 Å². The molecular formula is C42H40N2O4. The quantitative estimate of drug-likeness (QED) is 0.136. The van der Waals surface area contributed by atoms with Crippen LogP contribution in [-0.2, 0) is 24.2 Å². The summed E-state index contributed by atoms with van der Waals surface area (Å²) in [6.07, 6.45) is 9.88. The van der Waals surface area contributed by atoms with Crippen LogP contribution < -0.4 is 19.9 Å². The molecule has 3 aliphatic heterocycles. The highest BCUT2D eigenvalue weighted by Crippen LogP contribution is 2.46. The Bertz CT molecular complexity index is 2390. The highest BCUT2D eigenvalue weighted by atomic mass is 16.5. The van der Waals surface area contributed by atoms with Crippen molar-refractivity contribution >= 4 is 55.7 Å². The van der Waals surface area contributed by atoms with Gasteiger partial charge in [-0.15, -0.1) is 0 Å². The molecule has 0 saturated heterocycles. The van der Waals surface area contributed by atoms with Crippen LogP contribution in [0, 0.1) is 0 Å². The lowest BCUT2D eigenvalue weighted by Crippen LogP contribution is -2.32. The molecular weight excluding hydrogens is 596 g/mol. The van der Waals surface area contributed by atoms with Gasteiger partial charge in [-0.05, 0) is 38.5 Å². The molecule has 0 N–H and O–H groups in total. The molecule has 4 aliphatic rings. The molecule has 0 fully saturated rings. The summed E-state index contributed by atoms with van der Waals surface area (Å²) in [7, 11) is 0. The molecule has 6 nitrogen and oxygen atoms in total. The van der Waals surface area contributed by atoms with Crippen molar-refractivity contribution in [3.05, 3.63) is 93.6 Å². The van der Waals surface area contributed by atoms with Crippen molar-refractivity contribution in [2.45, 2.75) is 85.0 Å². The lowest BCUT2D eigenvalue weighted by Gasteiger charge is -2.28. The third-order valence-corrected chi connectivity index (χ3v) is 10.7. The molecule has 0 spiro atoms. The van der Waals surface area contributed by atoms with Crippen LogP contribution in [0.1, 0.15) is 70.1 Å². The van der Waals surface area contributed by atoms with E-state index in [2.05, 4.69) is 85.4 Å². The summed E-state index contributed by atoms with van der Waals surface area (Å²) in [6.45, 7) is 10.2. The fourth-order valence-electron chi connectivity index (χ4n) is 8.47. The minimum Gasteiger partial charge on any atom is -0.871 e. The van der Waals surface area contributed by atoms with E-state index in [1.807, 2.05) is 12.2 Å².